The summed E-state index contributed by atoms with van der Waals surface area (Å²) in [5.41, 5.74) is 1.51. The molecule has 2 aliphatic heterocycles. The maximum absolute atomic E-state index is 12.6. The Morgan fingerprint density at radius 1 is 0.941 bits per heavy atom. The van der Waals surface area contributed by atoms with Gasteiger partial charge in [0.05, 0.1) is 36.3 Å². The molecular formula is C25H24N2O7. The van der Waals surface area contributed by atoms with Crippen molar-refractivity contribution in [2.45, 2.75) is 19.4 Å². The van der Waals surface area contributed by atoms with E-state index in [9.17, 15) is 24.0 Å². The third-order valence-electron chi connectivity index (χ3n) is 6.09. The number of nitrogens with zero attached hydrogens (tertiary/aromatic N) is 2. The van der Waals surface area contributed by atoms with Crippen molar-refractivity contribution in [3.63, 3.8) is 0 Å². The van der Waals surface area contributed by atoms with E-state index in [1.165, 1.54) is 13.2 Å². The molecule has 0 saturated carbocycles. The molecule has 2 aliphatic rings. The Labute approximate surface area is 196 Å². The quantitative estimate of drug-likeness (QED) is 0.475. The summed E-state index contributed by atoms with van der Waals surface area (Å²) in [6, 6.07) is 13.0. The van der Waals surface area contributed by atoms with Gasteiger partial charge in [0.15, 0.2) is 6.61 Å². The van der Waals surface area contributed by atoms with Crippen molar-refractivity contribution in [2.75, 3.05) is 26.8 Å². The van der Waals surface area contributed by atoms with Gasteiger partial charge in [0, 0.05) is 13.1 Å². The molecule has 1 saturated heterocycles. The van der Waals surface area contributed by atoms with Crippen LogP contribution in [0.25, 0.3) is 0 Å². The van der Waals surface area contributed by atoms with Gasteiger partial charge in [0.1, 0.15) is 0 Å². The summed E-state index contributed by atoms with van der Waals surface area (Å²) in [6.07, 6.45) is 1.01. The first-order chi connectivity index (χ1) is 16.4. The van der Waals surface area contributed by atoms with Crippen LogP contribution in [0.2, 0.25) is 0 Å². The van der Waals surface area contributed by atoms with E-state index in [0.29, 0.717) is 42.6 Å². The van der Waals surface area contributed by atoms with Crippen molar-refractivity contribution in [1.29, 1.82) is 0 Å². The van der Waals surface area contributed by atoms with Crippen LogP contribution in [-0.2, 0) is 25.6 Å². The number of carbonyl (C=O) groups excluding carboxylic acids is 5. The zero-order valence-electron chi connectivity index (χ0n) is 18.7. The van der Waals surface area contributed by atoms with E-state index in [1.807, 2.05) is 0 Å². The van der Waals surface area contributed by atoms with Crippen LogP contribution in [0.15, 0.2) is 48.5 Å². The van der Waals surface area contributed by atoms with Crippen LogP contribution in [0.4, 0.5) is 0 Å². The van der Waals surface area contributed by atoms with E-state index < -0.39 is 12.6 Å². The Kier molecular flexibility index (Phi) is 6.72. The second-order valence-electron chi connectivity index (χ2n) is 8.20. The highest BCUT2D eigenvalue weighted by Gasteiger charge is 2.35. The van der Waals surface area contributed by atoms with Gasteiger partial charge < -0.3 is 14.4 Å². The van der Waals surface area contributed by atoms with Crippen LogP contribution in [-0.4, -0.2) is 66.3 Å². The molecule has 0 atom stereocenters. The number of benzene rings is 2. The summed E-state index contributed by atoms with van der Waals surface area (Å²) < 4.78 is 9.93. The number of piperidine rings is 1. The predicted molar refractivity (Wildman–Crippen MR) is 119 cm³/mol. The van der Waals surface area contributed by atoms with Crippen LogP contribution in [0.3, 0.4) is 0 Å². The lowest BCUT2D eigenvalue weighted by Crippen LogP contribution is -2.42. The second-order valence-corrected chi connectivity index (χ2v) is 8.20. The first-order valence-electron chi connectivity index (χ1n) is 11.0. The molecule has 4 rings (SSSR count). The highest BCUT2D eigenvalue weighted by Crippen LogP contribution is 2.24. The highest BCUT2D eigenvalue weighted by atomic mass is 16.5. The lowest BCUT2D eigenvalue weighted by Gasteiger charge is -2.30. The van der Waals surface area contributed by atoms with E-state index in [4.69, 9.17) is 9.47 Å². The first kappa shape index (κ1) is 23.2. The Hall–Kier alpha value is -4.01. The summed E-state index contributed by atoms with van der Waals surface area (Å²) in [7, 11) is 1.34. The summed E-state index contributed by atoms with van der Waals surface area (Å²) in [6.45, 7) is 0.393. The van der Waals surface area contributed by atoms with E-state index in [1.54, 1.807) is 47.4 Å². The van der Waals surface area contributed by atoms with E-state index >= 15 is 0 Å². The number of carbonyl (C=O) groups is 5. The molecule has 0 unspecified atom stereocenters. The normalized spacial score (nSPS) is 15.8. The molecule has 0 bridgehead atoms. The van der Waals surface area contributed by atoms with Crippen molar-refractivity contribution >= 4 is 29.7 Å². The minimum atomic E-state index is -0.679. The van der Waals surface area contributed by atoms with Crippen molar-refractivity contribution < 1.29 is 33.4 Å². The van der Waals surface area contributed by atoms with Gasteiger partial charge in [0.2, 0.25) is 0 Å². The largest absolute Gasteiger partial charge is 0.469 e. The zero-order valence-corrected chi connectivity index (χ0v) is 18.7. The number of hydrogen-bond donors (Lipinski definition) is 0. The SMILES string of the molecule is COC(=O)C1CCN(C(=O)COC(=O)c2cccc(CN3C(=O)c4ccccc4C3=O)c2)CC1. The van der Waals surface area contributed by atoms with Crippen molar-refractivity contribution in [3.05, 3.63) is 70.8 Å². The molecule has 2 heterocycles. The van der Waals surface area contributed by atoms with Crippen LogP contribution in [0.5, 0.6) is 0 Å². The molecule has 0 aliphatic carbocycles. The molecule has 0 N–H and O–H groups in total. The fourth-order valence-electron chi connectivity index (χ4n) is 4.20. The number of fused-ring (bicyclic) bond motifs is 1. The summed E-state index contributed by atoms with van der Waals surface area (Å²) in [5, 5.41) is 0. The molecule has 0 aromatic heterocycles. The molecule has 2 aromatic rings. The monoisotopic (exact) mass is 464 g/mol. The van der Waals surface area contributed by atoms with Crippen LogP contribution in [0, 0.1) is 5.92 Å². The maximum Gasteiger partial charge on any atom is 0.338 e. The van der Waals surface area contributed by atoms with Gasteiger partial charge in [-0.05, 0) is 42.7 Å². The molecule has 34 heavy (non-hydrogen) atoms. The Morgan fingerprint density at radius 3 is 2.21 bits per heavy atom. The van der Waals surface area contributed by atoms with Crippen molar-refractivity contribution in [2.24, 2.45) is 5.92 Å². The minimum absolute atomic E-state index is 0.0154. The molecule has 3 amide bonds. The number of hydrogen-bond acceptors (Lipinski definition) is 7. The van der Waals surface area contributed by atoms with Crippen molar-refractivity contribution in [1.82, 2.24) is 9.80 Å². The van der Waals surface area contributed by atoms with Gasteiger partial charge in [0.25, 0.3) is 17.7 Å². The smallest absolute Gasteiger partial charge is 0.338 e. The molecular weight excluding hydrogens is 440 g/mol. The van der Waals surface area contributed by atoms with Gasteiger partial charge in [-0.3, -0.25) is 24.1 Å². The average Bonchev–Trinajstić information content (AvgIpc) is 3.11. The number of ether oxygens (including phenoxy) is 2. The Morgan fingerprint density at radius 2 is 1.59 bits per heavy atom. The molecule has 1 fully saturated rings. The molecule has 9 heteroatoms. The lowest BCUT2D eigenvalue weighted by molar-refractivity contribution is -0.149. The Bertz CT molecular complexity index is 1120. The summed E-state index contributed by atoms with van der Waals surface area (Å²) >= 11 is 0. The molecule has 2 aromatic carbocycles. The van der Waals surface area contributed by atoms with Gasteiger partial charge in [-0.25, -0.2) is 4.79 Å². The van der Waals surface area contributed by atoms with Gasteiger partial charge >= 0.3 is 11.9 Å². The second kappa shape index (κ2) is 9.86. The molecule has 0 radical (unpaired) electrons. The molecule has 176 valence electrons. The third-order valence-corrected chi connectivity index (χ3v) is 6.09. The van der Waals surface area contributed by atoms with Crippen LogP contribution in [0.1, 0.15) is 49.5 Å². The number of likely N-dealkylation sites (tertiary alicyclic amines) is 1. The number of esters is 2. The third kappa shape index (κ3) is 4.68. The number of methoxy groups -OCH3 is 1. The van der Waals surface area contributed by atoms with E-state index in [0.717, 1.165) is 4.90 Å². The average molecular weight is 464 g/mol. The summed E-state index contributed by atoms with van der Waals surface area (Å²) in [4.78, 5) is 64.4. The van der Waals surface area contributed by atoms with E-state index in [2.05, 4.69) is 0 Å². The topological polar surface area (TPSA) is 110 Å². The standard InChI is InChI=1S/C25H24N2O7/c1-33-24(31)17-9-11-26(12-10-17)21(28)15-34-25(32)18-6-4-5-16(13-18)14-27-22(29)19-7-2-3-8-20(19)23(27)30/h2-8,13,17H,9-12,14-15H2,1H3. The molecule has 0 spiro atoms. The van der Waals surface area contributed by atoms with Crippen LogP contribution >= 0.6 is 0 Å². The zero-order chi connectivity index (χ0) is 24.2. The molecule has 9 nitrogen and oxygen atoms in total. The highest BCUT2D eigenvalue weighted by molar-refractivity contribution is 6.21. The van der Waals surface area contributed by atoms with Crippen LogP contribution < -0.4 is 0 Å². The number of imide groups is 1. The van der Waals surface area contributed by atoms with Gasteiger partial charge in [-0.15, -0.1) is 0 Å². The number of amides is 3. The fourth-order valence-corrected chi connectivity index (χ4v) is 4.20. The number of rotatable bonds is 6. The maximum atomic E-state index is 12.6. The summed E-state index contributed by atoms with van der Waals surface area (Å²) in [5.74, 6) is -2.27. The van der Waals surface area contributed by atoms with Gasteiger partial charge in [-0.1, -0.05) is 24.3 Å². The minimum Gasteiger partial charge on any atom is -0.469 e. The van der Waals surface area contributed by atoms with Gasteiger partial charge in [-0.2, -0.15) is 0 Å². The first-order valence-corrected chi connectivity index (χ1v) is 11.0. The Balaban J connectivity index is 1.32. The van der Waals surface area contributed by atoms with E-state index in [-0.39, 0.29) is 41.7 Å². The van der Waals surface area contributed by atoms with Crippen molar-refractivity contribution in [3.8, 4) is 0 Å². The lowest BCUT2D eigenvalue weighted by atomic mass is 9.97. The fraction of sp³-hybridized carbons (Fsp3) is 0.320. The predicted octanol–water partition coefficient (Wildman–Crippen LogP) is 2.05.